The van der Waals surface area contributed by atoms with Gasteiger partial charge in [0.25, 0.3) is 5.56 Å². The van der Waals surface area contributed by atoms with Crippen LogP contribution in [0.4, 0.5) is 13.2 Å². The van der Waals surface area contributed by atoms with Gasteiger partial charge in [-0.1, -0.05) is 36.2 Å². The summed E-state index contributed by atoms with van der Waals surface area (Å²) in [5.41, 5.74) is -4.37. The number of aliphatic hydroxyl groups is 1. The van der Waals surface area contributed by atoms with E-state index in [0.29, 0.717) is 0 Å². The number of ether oxygens (including phenoxy) is 1. The third-order valence-corrected chi connectivity index (χ3v) is 6.33. The molecule has 0 radical (unpaired) electrons. The summed E-state index contributed by atoms with van der Waals surface area (Å²) >= 11 is 12.4. The van der Waals surface area contributed by atoms with Crippen molar-refractivity contribution < 1.29 is 32.9 Å². The largest absolute Gasteiger partial charge is 0.478 e. The molecule has 0 saturated heterocycles. The zero-order valence-electron chi connectivity index (χ0n) is 18.7. The molecule has 1 aromatic heterocycles. The van der Waals surface area contributed by atoms with Crippen molar-refractivity contribution in [3.05, 3.63) is 91.3 Å². The summed E-state index contributed by atoms with van der Waals surface area (Å²) < 4.78 is 49.4. The van der Waals surface area contributed by atoms with Crippen LogP contribution in [0.3, 0.4) is 0 Å². The van der Waals surface area contributed by atoms with E-state index in [0.717, 1.165) is 16.8 Å². The van der Waals surface area contributed by atoms with Crippen molar-refractivity contribution in [1.82, 2.24) is 4.57 Å². The standard InChI is InChI=1S/C24H20Cl2F3NO5/c1-12-8-15(11-30(3)21(12)31)23(34,24(27,28)29)13(2)17-6-5-16(10-18(17)25)35-20-7-4-14(22(32)33)9-19(20)26/h4-11,13,34H,1-3H3,(H,32,33). The molecule has 11 heteroatoms. The summed E-state index contributed by atoms with van der Waals surface area (Å²) in [4.78, 5) is 23.0. The second kappa shape index (κ2) is 9.56. The molecule has 0 fully saturated rings. The minimum absolute atomic E-state index is 0.00923. The highest BCUT2D eigenvalue weighted by Gasteiger charge is 2.59. The second-order valence-electron chi connectivity index (χ2n) is 8.05. The molecule has 0 bridgehead atoms. The van der Waals surface area contributed by atoms with Crippen molar-refractivity contribution in [3.63, 3.8) is 0 Å². The van der Waals surface area contributed by atoms with E-state index in [1.54, 1.807) is 0 Å². The summed E-state index contributed by atoms with van der Waals surface area (Å²) in [6.07, 6.45) is -4.15. The average molecular weight is 530 g/mol. The first-order chi connectivity index (χ1) is 16.2. The lowest BCUT2D eigenvalue weighted by molar-refractivity contribution is -0.274. The van der Waals surface area contributed by atoms with Gasteiger partial charge in [-0.2, -0.15) is 13.2 Å². The van der Waals surface area contributed by atoms with Gasteiger partial charge in [-0.25, -0.2) is 4.79 Å². The molecule has 0 aliphatic heterocycles. The highest BCUT2D eigenvalue weighted by atomic mass is 35.5. The number of benzene rings is 2. The SMILES string of the molecule is Cc1cc(C(O)(C(C)c2ccc(Oc3ccc(C(=O)O)cc3Cl)cc2Cl)C(F)(F)F)cn(C)c1=O. The number of carboxylic acid groups (broad SMARTS) is 1. The highest BCUT2D eigenvalue weighted by molar-refractivity contribution is 6.32. The summed E-state index contributed by atoms with van der Waals surface area (Å²) in [5, 5.41) is 19.9. The number of alkyl halides is 3. The van der Waals surface area contributed by atoms with E-state index >= 15 is 0 Å². The molecule has 35 heavy (non-hydrogen) atoms. The Morgan fingerprint density at radius 3 is 2.26 bits per heavy atom. The molecule has 0 aliphatic carbocycles. The fourth-order valence-electron chi connectivity index (χ4n) is 3.74. The number of nitrogens with zero attached hydrogens (tertiary/aromatic N) is 1. The number of carboxylic acids is 1. The van der Waals surface area contributed by atoms with Crippen LogP contribution in [0.25, 0.3) is 0 Å². The normalized spacial score (nSPS) is 14.3. The third-order valence-electron chi connectivity index (χ3n) is 5.71. The van der Waals surface area contributed by atoms with Crippen LogP contribution in [0, 0.1) is 6.92 Å². The molecule has 6 nitrogen and oxygen atoms in total. The molecule has 2 unspecified atom stereocenters. The quantitative estimate of drug-likeness (QED) is 0.406. The van der Waals surface area contributed by atoms with Gasteiger partial charge < -0.3 is 19.5 Å². The predicted octanol–water partition coefficient (Wildman–Crippen LogP) is 6.04. The Hall–Kier alpha value is -3.01. The molecular formula is C24H20Cl2F3NO5. The lowest BCUT2D eigenvalue weighted by Crippen LogP contribution is -2.47. The average Bonchev–Trinajstić information content (AvgIpc) is 2.76. The Bertz CT molecular complexity index is 1330. The molecule has 1 heterocycles. The molecule has 0 aliphatic rings. The third kappa shape index (κ3) is 5.03. The van der Waals surface area contributed by atoms with E-state index in [1.807, 2.05) is 0 Å². The van der Waals surface area contributed by atoms with Crippen LogP contribution in [0.5, 0.6) is 11.5 Å². The maximum Gasteiger partial charge on any atom is 0.422 e. The minimum Gasteiger partial charge on any atom is -0.478 e. The highest BCUT2D eigenvalue weighted by Crippen LogP contribution is 2.50. The molecule has 3 aromatic rings. The van der Waals surface area contributed by atoms with Crippen LogP contribution < -0.4 is 10.3 Å². The molecule has 0 amide bonds. The van der Waals surface area contributed by atoms with Gasteiger partial charge in [0.15, 0.2) is 5.60 Å². The lowest BCUT2D eigenvalue weighted by Gasteiger charge is -2.37. The van der Waals surface area contributed by atoms with Gasteiger partial charge in [0.2, 0.25) is 0 Å². The minimum atomic E-state index is -5.10. The molecule has 186 valence electrons. The lowest BCUT2D eigenvalue weighted by atomic mass is 9.78. The topological polar surface area (TPSA) is 88.8 Å². The Morgan fingerprint density at radius 2 is 1.74 bits per heavy atom. The number of hydrogen-bond acceptors (Lipinski definition) is 4. The van der Waals surface area contributed by atoms with Gasteiger partial charge in [0, 0.05) is 35.3 Å². The van der Waals surface area contributed by atoms with Crippen molar-refractivity contribution in [1.29, 1.82) is 0 Å². The second-order valence-corrected chi connectivity index (χ2v) is 8.86. The van der Waals surface area contributed by atoms with Crippen molar-refractivity contribution in [3.8, 4) is 11.5 Å². The van der Waals surface area contributed by atoms with Gasteiger partial charge in [0.1, 0.15) is 11.5 Å². The van der Waals surface area contributed by atoms with Gasteiger partial charge in [0.05, 0.1) is 10.6 Å². The number of hydrogen-bond donors (Lipinski definition) is 2. The van der Waals surface area contributed by atoms with Gasteiger partial charge in [-0.05, 0) is 48.9 Å². The van der Waals surface area contributed by atoms with Crippen molar-refractivity contribution in [2.45, 2.75) is 31.5 Å². The van der Waals surface area contributed by atoms with Gasteiger partial charge >= 0.3 is 12.1 Å². The molecular weight excluding hydrogens is 510 g/mol. The zero-order valence-corrected chi connectivity index (χ0v) is 20.2. The van der Waals surface area contributed by atoms with Gasteiger partial charge in [-0.3, -0.25) is 4.79 Å². The number of pyridine rings is 1. The Morgan fingerprint density at radius 1 is 1.09 bits per heavy atom. The summed E-state index contributed by atoms with van der Waals surface area (Å²) in [5.74, 6) is -2.50. The van der Waals surface area contributed by atoms with E-state index in [4.69, 9.17) is 33.0 Å². The number of carbonyl (C=O) groups is 1. The summed E-state index contributed by atoms with van der Waals surface area (Å²) in [6.45, 7) is 2.54. The van der Waals surface area contributed by atoms with E-state index in [1.165, 1.54) is 57.3 Å². The van der Waals surface area contributed by atoms with Crippen LogP contribution in [0.2, 0.25) is 10.0 Å². The van der Waals surface area contributed by atoms with E-state index in [9.17, 15) is 27.9 Å². The molecule has 0 saturated carbocycles. The van der Waals surface area contributed by atoms with E-state index in [-0.39, 0.29) is 38.2 Å². The van der Waals surface area contributed by atoms with Gasteiger partial charge in [-0.15, -0.1) is 0 Å². The fraction of sp³-hybridized carbons (Fsp3) is 0.250. The van der Waals surface area contributed by atoms with Crippen molar-refractivity contribution in [2.75, 3.05) is 0 Å². The van der Waals surface area contributed by atoms with Crippen LogP contribution in [0.1, 0.15) is 39.9 Å². The van der Waals surface area contributed by atoms with Crippen LogP contribution in [-0.2, 0) is 12.6 Å². The van der Waals surface area contributed by atoms with E-state index < -0.39 is 34.8 Å². The first-order valence-electron chi connectivity index (χ1n) is 10.1. The number of rotatable bonds is 6. The fourth-order valence-corrected chi connectivity index (χ4v) is 4.29. The summed E-state index contributed by atoms with van der Waals surface area (Å²) in [7, 11) is 1.30. The first kappa shape index (κ1) is 26.6. The van der Waals surface area contributed by atoms with Crippen LogP contribution in [-0.4, -0.2) is 26.9 Å². The molecule has 2 atom stereocenters. The molecule has 2 N–H and O–H groups in total. The molecule has 2 aromatic carbocycles. The maximum atomic E-state index is 14.3. The smallest absolute Gasteiger partial charge is 0.422 e. The predicted molar refractivity (Wildman–Crippen MR) is 125 cm³/mol. The number of aryl methyl sites for hydroxylation is 2. The number of halogens is 5. The van der Waals surface area contributed by atoms with Crippen molar-refractivity contribution >= 4 is 29.2 Å². The van der Waals surface area contributed by atoms with Crippen LogP contribution >= 0.6 is 23.2 Å². The summed E-state index contributed by atoms with van der Waals surface area (Å²) in [6, 6.07) is 8.71. The monoisotopic (exact) mass is 529 g/mol. The first-order valence-corrected chi connectivity index (χ1v) is 10.9. The Labute approximate surface area is 208 Å². The zero-order chi connectivity index (χ0) is 26.3. The number of aromatic carboxylic acids is 1. The molecule has 0 spiro atoms. The Balaban J connectivity index is 2.01. The Kier molecular flexibility index (Phi) is 7.26. The number of aromatic nitrogens is 1. The molecule has 3 rings (SSSR count). The maximum absolute atomic E-state index is 14.3. The van der Waals surface area contributed by atoms with Crippen molar-refractivity contribution in [2.24, 2.45) is 7.05 Å². The van der Waals surface area contributed by atoms with E-state index in [2.05, 4.69) is 0 Å². The van der Waals surface area contributed by atoms with Crippen LogP contribution in [0.15, 0.2) is 53.5 Å².